The molecule has 0 saturated carbocycles. The summed E-state index contributed by atoms with van der Waals surface area (Å²) < 4.78 is 6.89. The number of fused-ring (bicyclic) bond motifs is 1. The number of phenolic OH excluding ortho intramolecular Hbond substituents is 1. The molecule has 4 nitrogen and oxygen atoms in total. The van der Waals surface area contributed by atoms with E-state index in [9.17, 15) is 9.90 Å². The minimum Gasteiger partial charge on any atom is -0.507 e. The minimum atomic E-state index is -0.223. The molecule has 112 valence electrons. The smallest absolute Gasteiger partial charge is 0.256 e. The Labute approximate surface area is 144 Å². The fraction of sp³-hybridized carbons (Fsp3) is 0.0625. The second-order valence-electron chi connectivity index (χ2n) is 4.72. The summed E-state index contributed by atoms with van der Waals surface area (Å²) in [5.74, 6) is 0.337. The number of hydrogen-bond acceptors (Lipinski definition) is 3. The summed E-state index contributed by atoms with van der Waals surface area (Å²) in [5.41, 5.74) is 2.42. The Kier molecular flexibility index (Phi) is 3.97. The van der Waals surface area contributed by atoms with Crippen molar-refractivity contribution in [1.82, 2.24) is 0 Å². The van der Waals surface area contributed by atoms with Gasteiger partial charge in [0.25, 0.3) is 5.91 Å². The van der Waals surface area contributed by atoms with Gasteiger partial charge in [0.2, 0.25) is 0 Å². The first kappa shape index (κ1) is 15.1. The van der Waals surface area contributed by atoms with Crippen LogP contribution in [0.25, 0.3) is 11.6 Å². The van der Waals surface area contributed by atoms with Crippen molar-refractivity contribution in [3.8, 4) is 11.5 Å². The van der Waals surface area contributed by atoms with E-state index < -0.39 is 0 Å². The van der Waals surface area contributed by atoms with Gasteiger partial charge >= 0.3 is 0 Å². The molecule has 0 aliphatic carbocycles. The highest BCUT2D eigenvalue weighted by molar-refractivity contribution is 9.11. The van der Waals surface area contributed by atoms with Gasteiger partial charge < -0.3 is 15.2 Å². The van der Waals surface area contributed by atoms with E-state index in [2.05, 4.69) is 37.2 Å². The zero-order valence-electron chi connectivity index (χ0n) is 11.5. The van der Waals surface area contributed by atoms with E-state index in [4.69, 9.17) is 4.74 Å². The molecule has 0 atom stereocenters. The number of nitrogens with one attached hydrogen (secondary N) is 1. The predicted molar refractivity (Wildman–Crippen MR) is 93.0 cm³/mol. The first-order valence-corrected chi connectivity index (χ1v) is 7.98. The Morgan fingerprint density at radius 1 is 1.27 bits per heavy atom. The van der Waals surface area contributed by atoms with Crippen molar-refractivity contribution in [2.24, 2.45) is 0 Å². The van der Waals surface area contributed by atoms with Crippen LogP contribution in [0.2, 0.25) is 0 Å². The first-order chi connectivity index (χ1) is 10.5. The van der Waals surface area contributed by atoms with Crippen molar-refractivity contribution in [2.45, 2.75) is 0 Å². The number of carbonyl (C=O) groups excluding carboxylic acids is 1. The quantitative estimate of drug-likeness (QED) is 0.701. The normalized spacial score (nSPS) is 14.9. The molecule has 6 heteroatoms. The average Bonchev–Trinajstić information content (AvgIpc) is 2.78. The van der Waals surface area contributed by atoms with E-state index in [1.165, 1.54) is 7.11 Å². The predicted octanol–water partition coefficient (Wildman–Crippen LogP) is 4.42. The maximum absolute atomic E-state index is 12.3. The van der Waals surface area contributed by atoms with Gasteiger partial charge in [0, 0.05) is 20.1 Å². The highest BCUT2D eigenvalue weighted by Gasteiger charge is 2.27. The first-order valence-electron chi connectivity index (χ1n) is 6.39. The van der Waals surface area contributed by atoms with Gasteiger partial charge in [0.05, 0.1) is 18.4 Å². The van der Waals surface area contributed by atoms with Crippen LogP contribution in [0.4, 0.5) is 5.69 Å². The number of carbonyl (C=O) groups is 1. The molecule has 2 N–H and O–H groups in total. The number of methoxy groups -OCH3 is 1. The van der Waals surface area contributed by atoms with Crippen LogP contribution in [0.1, 0.15) is 11.1 Å². The van der Waals surface area contributed by atoms with Crippen LogP contribution in [0.5, 0.6) is 11.5 Å². The fourth-order valence-corrected chi connectivity index (χ4v) is 3.68. The molecule has 1 amide bonds. The zero-order valence-corrected chi connectivity index (χ0v) is 14.7. The van der Waals surface area contributed by atoms with Crippen LogP contribution in [-0.2, 0) is 4.79 Å². The summed E-state index contributed by atoms with van der Waals surface area (Å²) in [4.78, 5) is 12.3. The average molecular weight is 425 g/mol. The van der Waals surface area contributed by atoms with E-state index in [1.54, 1.807) is 24.3 Å². The van der Waals surface area contributed by atoms with Crippen molar-refractivity contribution in [1.29, 1.82) is 0 Å². The Hall–Kier alpha value is -1.79. The van der Waals surface area contributed by atoms with Gasteiger partial charge in [-0.15, -0.1) is 0 Å². The van der Waals surface area contributed by atoms with Gasteiger partial charge in [-0.3, -0.25) is 4.79 Å². The number of aromatic hydroxyl groups is 1. The standard InChI is InChI=1S/C16H11Br2NO3/c1-22-14-4-2-3-13(20)11(14)7-10-9-5-8(17)6-12(18)15(9)19-16(10)21/h2-7,20H,1H3,(H,19,21). The van der Waals surface area contributed by atoms with E-state index in [1.807, 2.05) is 12.1 Å². The molecular weight excluding hydrogens is 414 g/mol. The van der Waals surface area contributed by atoms with E-state index in [0.29, 0.717) is 22.6 Å². The number of rotatable bonds is 2. The van der Waals surface area contributed by atoms with Crippen molar-refractivity contribution in [3.05, 3.63) is 50.4 Å². The molecule has 0 bridgehead atoms. The van der Waals surface area contributed by atoms with E-state index in [-0.39, 0.29) is 11.7 Å². The van der Waals surface area contributed by atoms with Gasteiger partial charge in [0.15, 0.2) is 0 Å². The van der Waals surface area contributed by atoms with Crippen molar-refractivity contribution < 1.29 is 14.6 Å². The topological polar surface area (TPSA) is 58.6 Å². The summed E-state index contributed by atoms with van der Waals surface area (Å²) in [6.07, 6.45) is 1.63. The second kappa shape index (κ2) is 5.78. The third-order valence-electron chi connectivity index (χ3n) is 3.38. The number of hydrogen-bond donors (Lipinski definition) is 2. The summed E-state index contributed by atoms with van der Waals surface area (Å²) in [6, 6.07) is 8.70. The molecule has 22 heavy (non-hydrogen) atoms. The van der Waals surface area contributed by atoms with Crippen LogP contribution >= 0.6 is 31.9 Å². The largest absolute Gasteiger partial charge is 0.507 e. The molecule has 1 aliphatic rings. The monoisotopic (exact) mass is 423 g/mol. The highest BCUT2D eigenvalue weighted by Crippen LogP contribution is 2.42. The number of benzene rings is 2. The van der Waals surface area contributed by atoms with Crippen LogP contribution in [0.3, 0.4) is 0 Å². The summed E-state index contributed by atoms with van der Waals surface area (Å²) in [5, 5.41) is 12.9. The molecule has 2 aromatic carbocycles. The molecule has 1 heterocycles. The van der Waals surface area contributed by atoms with Crippen molar-refractivity contribution >= 4 is 55.1 Å². The Bertz CT molecular complexity index is 815. The molecule has 3 rings (SSSR count). The summed E-state index contributed by atoms with van der Waals surface area (Å²) in [7, 11) is 1.52. The molecule has 0 saturated heterocycles. The van der Waals surface area contributed by atoms with Gasteiger partial charge in [-0.25, -0.2) is 0 Å². The number of ether oxygens (including phenoxy) is 1. The van der Waals surface area contributed by atoms with Gasteiger partial charge in [0.1, 0.15) is 11.5 Å². The molecule has 2 aromatic rings. The lowest BCUT2D eigenvalue weighted by molar-refractivity contribution is -0.110. The third kappa shape index (κ3) is 2.53. The second-order valence-corrected chi connectivity index (χ2v) is 6.49. The molecule has 0 aromatic heterocycles. The molecule has 0 spiro atoms. The zero-order chi connectivity index (χ0) is 15.9. The lowest BCUT2D eigenvalue weighted by atomic mass is 10.0. The lowest BCUT2D eigenvalue weighted by Gasteiger charge is -2.07. The molecular formula is C16H11Br2NO3. The van der Waals surface area contributed by atoms with Crippen molar-refractivity contribution in [2.75, 3.05) is 12.4 Å². The van der Waals surface area contributed by atoms with Crippen LogP contribution in [0.15, 0.2) is 39.3 Å². The number of amides is 1. The fourth-order valence-electron chi connectivity index (χ4n) is 2.36. The minimum absolute atomic E-state index is 0.0576. The molecule has 0 fully saturated rings. The molecule has 0 unspecified atom stereocenters. The van der Waals surface area contributed by atoms with Gasteiger partial charge in [-0.2, -0.15) is 0 Å². The number of phenols is 1. The summed E-state index contributed by atoms with van der Waals surface area (Å²) in [6.45, 7) is 0. The number of anilines is 1. The van der Waals surface area contributed by atoms with E-state index >= 15 is 0 Å². The SMILES string of the molecule is COc1cccc(O)c1C=C1C(=O)Nc2c(Br)cc(Br)cc21. The molecule has 0 radical (unpaired) electrons. The van der Waals surface area contributed by atoms with Crippen LogP contribution in [-0.4, -0.2) is 18.1 Å². The Balaban J connectivity index is 2.21. The third-order valence-corrected chi connectivity index (χ3v) is 4.46. The van der Waals surface area contributed by atoms with E-state index in [0.717, 1.165) is 14.5 Å². The van der Waals surface area contributed by atoms with Crippen molar-refractivity contribution in [3.63, 3.8) is 0 Å². The maximum atomic E-state index is 12.3. The van der Waals surface area contributed by atoms with Crippen LogP contribution in [0, 0.1) is 0 Å². The Morgan fingerprint density at radius 2 is 2.05 bits per heavy atom. The Morgan fingerprint density at radius 3 is 2.77 bits per heavy atom. The van der Waals surface area contributed by atoms with Gasteiger partial charge in [-0.05, 0) is 46.3 Å². The maximum Gasteiger partial charge on any atom is 0.256 e. The summed E-state index contributed by atoms with van der Waals surface area (Å²) >= 11 is 6.86. The van der Waals surface area contributed by atoms with Crippen LogP contribution < -0.4 is 10.1 Å². The number of halogens is 2. The lowest BCUT2D eigenvalue weighted by Crippen LogP contribution is -2.04. The molecule has 1 aliphatic heterocycles. The van der Waals surface area contributed by atoms with Gasteiger partial charge in [-0.1, -0.05) is 22.0 Å². The highest BCUT2D eigenvalue weighted by atomic mass is 79.9.